The Labute approximate surface area is 203 Å². The molecule has 5 aliphatic carbocycles. The second-order valence-electron chi connectivity index (χ2n) is 15.0. The minimum absolute atomic E-state index is 0.0362. The van der Waals surface area contributed by atoms with Gasteiger partial charge in [-0.25, -0.2) is 0 Å². The molecule has 0 bridgehead atoms. The van der Waals surface area contributed by atoms with E-state index in [4.69, 9.17) is 0 Å². The zero-order valence-corrected chi connectivity index (χ0v) is 22.5. The van der Waals surface area contributed by atoms with Crippen molar-refractivity contribution in [2.24, 2.45) is 57.2 Å². The average molecular weight is 461 g/mol. The van der Waals surface area contributed by atoms with E-state index in [9.17, 15) is 15.3 Å². The molecule has 11 unspecified atom stereocenters. The van der Waals surface area contributed by atoms with Crippen molar-refractivity contribution in [1.29, 1.82) is 0 Å². The van der Waals surface area contributed by atoms with Crippen LogP contribution in [0.2, 0.25) is 0 Å². The van der Waals surface area contributed by atoms with Crippen LogP contribution in [0.4, 0.5) is 0 Å². The van der Waals surface area contributed by atoms with Crippen LogP contribution in [0.5, 0.6) is 0 Å². The zero-order chi connectivity index (χ0) is 24.2. The second kappa shape index (κ2) is 7.45. The number of hydrogen-bond acceptors (Lipinski definition) is 3. The first-order valence-corrected chi connectivity index (χ1v) is 14.3. The van der Waals surface area contributed by atoms with Gasteiger partial charge in [0.05, 0.1) is 17.8 Å². The predicted octanol–water partition coefficient (Wildman–Crippen LogP) is 6.19. The minimum atomic E-state index is -0.589. The Morgan fingerprint density at radius 1 is 0.939 bits per heavy atom. The molecule has 0 aromatic rings. The van der Waals surface area contributed by atoms with E-state index in [1.54, 1.807) is 0 Å². The fraction of sp³-hybridized carbons (Fsp3) is 1.00. The fourth-order valence-corrected chi connectivity index (χ4v) is 11.7. The Morgan fingerprint density at radius 2 is 1.64 bits per heavy atom. The third-order valence-corrected chi connectivity index (χ3v) is 13.1. The molecular weight excluding hydrogens is 408 g/mol. The molecule has 190 valence electrons. The van der Waals surface area contributed by atoms with E-state index in [1.807, 2.05) is 13.8 Å². The largest absolute Gasteiger partial charge is 0.393 e. The van der Waals surface area contributed by atoms with Crippen LogP contribution in [-0.2, 0) is 0 Å². The Kier molecular flexibility index (Phi) is 5.55. The number of hydrogen-bond donors (Lipinski definition) is 3. The lowest BCUT2D eigenvalue weighted by atomic mass is 9.46. The molecule has 0 aromatic heterocycles. The maximum Gasteiger partial charge on any atom is 0.0594 e. The summed E-state index contributed by atoms with van der Waals surface area (Å²) in [4.78, 5) is 0. The van der Waals surface area contributed by atoms with Gasteiger partial charge in [-0.05, 0) is 122 Å². The van der Waals surface area contributed by atoms with Crippen molar-refractivity contribution in [3.63, 3.8) is 0 Å². The molecule has 0 saturated heterocycles. The van der Waals surface area contributed by atoms with Crippen molar-refractivity contribution in [2.45, 2.75) is 130 Å². The highest BCUT2D eigenvalue weighted by Crippen LogP contribution is 2.89. The Balaban J connectivity index is 1.39. The van der Waals surface area contributed by atoms with E-state index in [0.717, 1.165) is 43.9 Å². The molecule has 3 heteroatoms. The summed E-state index contributed by atoms with van der Waals surface area (Å²) in [6.07, 6.45) is 11.1. The second-order valence-corrected chi connectivity index (χ2v) is 15.0. The summed E-state index contributed by atoms with van der Waals surface area (Å²) in [6.45, 7) is 16.0. The molecule has 3 N–H and O–H groups in total. The lowest BCUT2D eigenvalue weighted by Crippen LogP contribution is -2.54. The summed E-state index contributed by atoms with van der Waals surface area (Å²) in [7, 11) is 0. The molecule has 0 amide bonds. The summed E-state index contributed by atoms with van der Waals surface area (Å²) in [5.41, 5.74) is 0.615. The first kappa shape index (κ1) is 24.6. The quantitative estimate of drug-likeness (QED) is 0.458. The van der Waals surface area contributed by atoms with E-state index < -0.39 is 5.60 Å². The van der Waals surface area contributed by atoms with E-state index >= 15 is 0 Å². The molecule has 5 fully saturated rings. The number of rotatable bonds is 5. The van der Waals surface area contributed by atoms with Crippen LogP contribution in [0.3, 0.4) is 0 Å². The van der Waals surface area contributed by atoms with E-state index in [-0.39, 0.29) is 23.0 Å². The summed E-state index contributed by atoms with van der Waals surface area (Å²) >= 11 is 0. The van der Waals surface area contributed by atoms with Gasteiger partial charge in [0, 0.05) is 0 Å². The Bertz CT molecular complexity index is 769. The zero-order valence-electron chi connectivity index (χ0n) is 22.5. The third kappa shape index (κ3) is 3.10. The van der Waals surface area contributed by atoms with Crippen LogP contribution < -0.4 is 0 Å². The molecule has 33 heavy (non-hydrogen) atoms. The highest BCUT2D eigenvalue weighted by molar-refractivity contribution is 5.32. The number of fused-ring (bicyclic) bond motifs is 2. The molecule has 0 radical (unpaired) electrons. The van der Waals surface area contributed by atoms with Gasteiger partial charge in [0.1, 0.15) is 0 Å². The average Bonchev–Trinajstić information content (AvgIpc) is 3.10. The molecule has 0 heterocycles. The standard InChI is InChI=1S/C30H52O3/c1-18(9-8-13-26(3,4)33)25-22(31)17-21-20-10-11-23-27(5,6)24(32)12-14-30(23)19(2)29(20,30)16-15-28(21,25)7/h18-25,31-33H,8-17H2,1-7H3. The first-order valence-electron chi connectivity index (χ1n) is 14.3. The Hall–Kier alpha value is -0.120. The van der Waals surface area contributed by atoms with E-state index in [1.165, 1.54) is 32.1 Å². The fourth-order valence-electron chi connectivity index (χ4n) is 11.7. The molecule has 2 spiro atoms. The van der Waals surface area contributed by atoms with Gasteiger partial charge in [0.2, 0.25) is 0 Å². The van der Waals surface area contributed by atoms with Crippen molar-refractivity contribution in [1.82, 2.24) is 0 Å². The normalized spacial score (nSPS) is 53.5. The van der Waals surface area contributed by atoms with Gasteiger partial charge in [0.15, 0.2) is 0 Å². The smallest absolute Gasteiger partial charge is 0.0594 e. The van der Waals surface area contributed by atoms with E-state index in [2.05, 4.69) is 34.6 Å². The Morgan fingerprint density at radius 3 is 2.30 bits per heavy atom. The molecule has 3 nitrogen and oxygen atoms in total. The van der Waals surface area contributed by atoms with Crippen molar-refractivity contribution in [3.05, 3.63) is 0 Å². The molecule has 5 saturated carbocycles. The number of aliphatic hydroxyl groups is 3. The lowest BCUT2D eigenvalue weighted by molar-refractivity contribution is -0.134. The number of aliphatic hydroxyl groups excluding tert-OH is 2. The highest BCUT2D eigenvalue weighted by atomic mass is 16.3. The van der Waals surface area contributed by atoms with Crippen LogP contribution >= 0.6 is 0 Å². The minimum Gasteiger partial charge on any atom is -0.393 e. The van der Waals surface area contributed by atoms with Crippen LogP contribution in [0.1, 0.15) is 113 Å². The summed E-state index contributed by atoms with van der Waals surface area (Å²) < 4.78 is 0. The van der Waals surface area contributed by atoms with Crippen molar-refractivity contribution in [2.75, 3.05) is 0 Å². The van der Waals surface area contributed by atoms with Crippen molar-refractivity contribution >= 4 is 0 Å². The summed E-state index contributed by atoms with van der Waals surface area (Å²) in [5, 5.41) is 32.5. The maximum atomic E-state index is 11.4. The van der Waals surface area contributed by atoms with Crippen LogP contribution in [-0.4, -0.2) is 33.1 Å². The molecular formula is C30H52O3. The van der Waals surface area contributed by atoms with Crippen molar-refractivity contribution in [3.8, 4) is 0 Å². The van der Waals surface area contributed by atoms with Gasteiger partial charge >= 0.3 is 0 Å². The van der Waals surface area contributed by atoms with Gasteiger partial charge in [-0.15, -0.1) is 0 Å². The monoisotopic (exact) mass is 460 g/mol. The van der Waals surface area contributed by atoms with Gasteiger partial charge in [0.25, 0.3) is 0 Å². The molecule has 5 aliphatic rings. The first-order chi connectivity index (χ1) is 15.2. The van der Waals surface area contributed by atoms with Crippen LogP contribution in [0.25, 0.3) is 0 Å². The summed E-state index contributed by atoms with van der Waals surface area (Å²) in [5.74, 6) is 3.76. The van der Waals surface area contributed by atoms with Crippen LogP contribution in [0.15, 0.2) is 0 Å². The lowest BCUT2D eigenvalue weighted by Gasteiger charge is -2.59. The summed E-state index contributed by atoms with van der Waals surface area (Å²) in [6, 6.07) is 0. The van der Waals surface area contributed by atoms with Gasteiger partial charge < -0.3 is 15.3 Å². The maximum absolute atomic E-state index is 11.4. The van der Waals surface area contributed by atoms with E-state index in [0.29, 0.717) is 34.5 Å². The SMILES string of the molecule is CC(CCCC(C)(C)O)C1C(O)CC2C3CCC4C(C)(C)C(O)CCC45C(C)C35CCC21C. The molecule has 5 rings (SSSR count). The van der Waals surface area contributed by atoms with Gasteiger partial charge in [-0.3, -0.25) is 0 Å². The predicted molar refractivity (Wildman–Crippen MR) is 134 cm³/mol. The van der Waals surface area contributed by atoms with Crippen LogP contribution in [0, 0.1) is 57.2 Å². The van der Waals surface area contributed by atoms with Crippen molar-refractivity contribution < 1.29 is 15.3 Å². The highest BCUT2D eigenvalue weighted by Gasteiger charge is 2.84. The molecule has 0 aromatic carbocycles. The van der Waals surface area contributed by atoms with Gasteiger partial charge in [-0.1, -0.05) is 47.5 Å². The third-order valence-electron chi connectivity index (χ3n) is 13.1. The molecule has 11 atom stereocenters. The van der Waals surface area contributed by atoms with Gasteiger partial charge in [-0.2, -0.15) is 0 Å². The topological polar surface area (TPSA) is 60.7 Å². The molecule has 0 aliphatic heterocycles.